The lowest BCUT2D eigenvalue weighted by Crippen LogP contribution is -2.42. The molecule has 2 heterocycles. The van der Waals surface area contributed by atoms with Crippen LogP contribution >= 0.6 is 11.3 Å². The van der Waals surface area contributed by atoms with Crippen molar-refractivity contribution in [2.75, 3.05) is 11.5 Å². The maximum Gasteiger partial charge on any atom is 0.0536 e. The summed E-state index contributed by atoms with van der Waals surface area (Å²) in [6.45, 7) is 4.22. The predicted octanol–water partition coefficient (Wildman–Crippen LogP) is 1.84. The maximum atomic E-state index is 11.6. The molecule has 14 heavy (non-hydrogen) atoms. The molecule has 1 aliphatic heterocycles. The zero-order valence-electron chi connectivity index (χ0n) is 8.45. The summed E-state index contributed by atoms with van der Waals surface area (Å²) in [6.07, 6.45) is 0. The standard InChI is InChI=1S/C10H15NOS2/c1-7-3-4-13-10(7)9-6-14(12)5-8(2)11-9/h3-4,8-9,11H,5-6H2,1-2H3. The van der Waals surface area contributed by atoms with Gasteiger partial charge in [0.25, 0.3) is 0 Å². The van der Waals surface area contributed by atoms with Crippen molar-refractivity contribution in [1.29, 1.82) is 0 Å². The van der Waals surface area contributed by atoms with Gasteiger partial charge in [0, 0.05) is 33.2 Å². The van der Waals surface area contributed by atoms with Gasteiger partial charge in [-0.05, 0) is 30.9 Å². The molecule has 2 rings (SSSR count). The van der Waals surface area contributed by atoms with E-state index in [0.29, 0.717) is 12.1 Å². The number of aryl methyl sites for hydroxylation is 1. The zero-order chi connectivity index (χ0) is 10.1. The van der Waals surface area contributed by atoms with E-state index in [9.17, 15) is 4.21 Å². The van der Waals surface area contributed by atoms with Crippen LogP contribution in [-0.2, 0) is 10.8 Å². The van der Waals surface area contributed by atoms with Crippen LogP contribution in [0, 0.1) is 6.92 Å². The lowest BCUT2D eigenvalue weighted by Gasteiger charge is -2.28. The highest BCUT2D eigenvalue weighted by molar-refractivity contribution is 7.85. The molecular formula is C10H15NOS2. The lowest BCUT2D eigenvalue weighted by atomic mass is 10.1. The lowest BCUT2D eigenvalue weighted by molar-refractivity contribution is 0.493. The molecule has 2 nitrogen and oxygen atoms in total. The third-order valence-electron chi connectivity index (χ3n) is 2.49. The molecule has 1 N–H and O–H groups in total. The molecule has 3 unspecified atom stereocenters. The average molecular weight is 229 g/mol. The first kappa shape index (κ1) is 10.3. The van der Waals surface area contributed by atoms with Crippen molar-refractivity contribution in [1.82, 2.24) is 5.32 Å². The number of thiophene rings is 1. The second-order valence-corrected chi connectivity index (χ2v) is 6.36. The molecule has 0 spiro atoms. The van der Waals surface area contributed by atoms with E-state index in [1.807, 2.05) is 0 Å². The van der Waals surface area contributed by atoms with Gasteiger partial charge in [0.1, 0.15) is 0 Å². The second kappa shape index (κ2) is 4.13. The van der Waals surface area contributed by atoms with E-state index < -0.39 is 10.8 Å². The molecule has 78 valence electrons. The highest BCUT2D eigenvalue weighted by atomic mass is 32.2. The van der Waals surface area contributed by atoms with E-state index in [0.717, 1.165) is 11.5 Å². The molecule has 0 radical (unpaired) electrons. The minimum absolute atomic E-state index is 0.305. The Morgan fingerprint density at radius 2 is 2.36 bits per heavy atom. The van der Waals surface area contributed by atoms with Gasteiger partial charge in [-0.1, -0.05) is 0 Å². The Labute approximate surface area is 91.2 Å². The van der Waals surface area contributed by atoms with Gasteiger partial charge in [0.05, 0.1) is 6.04 Å². The van der Waals surface area contributed by atoms with Gasteiger partial charge in [-0.25, -0.2) is 0 Å². The van der Waals surface area contributed by atoms with Gasteiger partial charge in [-0.2, -0.15) is 0 Å². The number of hydrogen-bond donors (Lipinski definition) is 1. The summed E-state index contributed by atoms with van der Waals surface area (Å²) in [5.74, 6) is 1.56. The largest absolute Gasteiger partial charge is 0.305 e. The molecule has 0 saturated carbocycles. The maximum absolute atomic E-state index is 11.6. The fraction of sp³-hybridized carbons (Fsp3) is 0.600. The number of nitrogens with one attached hydrogen (secondary N) is 1. The predicted molar refractivity (Wildman–Crippen MR) is 62.3 cm³/mol. The van der Waals surface area contributed by atoms with E-state index in [1.54, 1.807) is 11.3 Å². The van der Waals surface area contributed by atoms with Crippen molar-refractivity contribution in [2.45, 2.75) is 25.9 Å². The first-order chi connectivity index (χ1) is 6.66. The Kier molecular flexibility index (Phi) is 3.04. The molecule has 0 aromatic carbocycles. The minimum atomic E-state index is -0.649. The third-order valence-corrected chi connectivity index (χ3v) is 5.20. The second-order valence-electron chi connectivity index (χ2n) is 3.86. The Morgan fingerprint density at radius 1 is 1.57 bits per heavy atom. The molecule has 1 aromatic rings. The van der Waals surface area contributed by atoms with Gasteiger partial charge >= 0.3 is 0 Å². The third kappa shape index (κ3) is 2.07. The topological polar surface area (TPSA) is 29.1 Å². The molecule has 3 atom stereocenters. The van der Waals surface area contributed by atoms with Crippen LogP contribution in [0.2, 0.25) is 0 Å². The highest BCUT2D eigenvalue weighted by Crippen LogP contribution is 2.27. The summed E-state index contributed by atoms with van der Waals surface area (Å²) in [7, 11) is -0.649. The van der Waals surface area contributed by atoms with Crippen LogP contribution < -0.4 is 5.32 Å². The first-order valence-corrected chi connectivity index (χ1v) is 7.18. The molecule has 1 aliphatic rings. The highest BCUT2D eigenvalue weighted by Gasteiger charge is 2.25. The van der Waals surface area contributed by atoms with Gasteiger partial charge in [-0.3, -0.25) is 4.21 Å². The molecule has 0 bridgehead atoms. The molecule has 0 aliphatic carbocycles. The van der Waals surface area contributed by atoms with Gasteiger partial charge < -0.3 is 5.32 Å². The summed E-state index contributed by atoms with van der Waals surface area (Å²) < 4.78 is 11.6. The van der Waals surface area contributed by atoms with Gasteiger partial charge in [0.2, 0.25) is 0 Å². The molecule has 1 saturated heterocycles. The van der Waals surface area contributed by atoms with E-state index in [1.165, 1.54) is 10.4 Å². The van der Waals surface area contributed by atoms with Crippen molar-refractivity contribution >= 4 is 22.1 Å². The summed E-state index contributed by atoms with van der Waals surface area (Å²) in [4.78, 5) is 1.35. The normalized spacial score (nSPS) is 33.1. The van der Waals surface area contributed by atoms with E-state index in [4.69, 9.17) is 0 Å². The van der Waals surface area contributed by atoms with Crippen molar-refractivity contribution in [3.05, 3.63) is 21.9 Å². The van der Waals surface area contributed by atoms with Crippen LogP contribution in [0.1, 0.15) is 23.4 Å². The molecule has 0 amide bonds. The van der Waals surface area contributed by atoms with E-state index in [-0.39, 0.29) is 0 Å². The SMILES string of the molecule is Cc1ccsc1C1CS(=O)CC(C)N1. The van der Waals surface area contributed by atoms with Crippen LogP contribution in [0.3, 0.4) is 0 Å². The van der Waals surface area contributed by atoms with Crippen LogP contribution in [0.4, 0.5) is 0 Å². The van der Waals surface area contributed by atoms with Crippen molar-refractivity contribution < 1.29 is 4.21 Å². The van der Waals surface area contributed by atoms with Crippen molar-refractivity contribution in [3.8, 4) is 0 Å². The van der Waals surface area contributed by atoms with Crippen LogP contribution in [0.25, 0.3) is 0 Å². The smallest absolute Gasteiger partial charge is 0.0536 e. The van der Waals surface area contributed by atoms with Crippen LogP contribution in [0.5, 0.6) is 0 Å². The molecule has 4 heteroatoms. The summed E-state index contributed by atoms with van der Waals surface area (Å²) >= 11 is 1.76. The molecular weight excluding hydrogens is 214 g/mol. The Hall–Kier alpha value is -0.190. The van der Waals surface area contributed by atoms with E-state index in [2.05, 4.69) is 30.6 Å². The minimum Gasteiger partial charge on any atom is -0.305 e. The van der Waals surface area contributed by atoms with Gasteiger partial charge in [0.15, 0.2) is 0 Å². The van der Waals surface area contributed by atoms with Gasteiger partial charge in [-0.15, -0.1) is 11.3 Å². The monoisotopic (exact) mass is 229 g/mol. The first-order valence-electron chi connectivity index (χ1n) is 4.82. The quantitative estimate of drug-likeness (QED) is 0.796. The van der Waals surface area contributed by atoms with Crippen LogP contribution in [0.15, 0.2) is 11.4 Å². The summed E-state index contributed by atoms with van der Waals surface area (Å²) in [5.41, 5.74) is 1.32. The van der Waals surface area contributed by atoms with E-state index >= 15 is 0 Å². The Balaban J connectivity index is 2.19. The zero-order valence-corrected chi connectivity index (χ0v) is 10.1. The average Bonchev–Trinajstić information content (AvgIpc) is 2.49. The van der Waals surface area contributed by atoms with Crippen LogP contribution in [-0.4, -0.2) is 21.8 Å². The number of rotatable bonds is 1. The Bertz CT molecular complexity index is 348. The summed E-state index contributed by atoms with van der Waals surface area (Å²) in [5, 5.41) is 5.61. The fourth-order valence-corrected chi connectivity index (χ4v) is 4.38. The number of hydrogen-bond acceptors (Lipinski definition) is 3. The van der Waals surface area contributed by atoms with Crippen molar-refractivity contribution in [3.63, 3.8) is 0 Å². The summed E-state index contributed by atoms with van der Waals surface area (Å²) in [6, 6.07) is 2.81. The van der Waals surface area contributed by atoms with Crippen molar-refractivity contribution in [2.24, 2.45) is 0 Å². The molecule has 1 aromatic heterocycles. The fourth-order valence-electron chi connectivity index (χ4n) is 1.87. The Morgan fingerprint density at radius 3 is 2.93 bits per heavy atom. The molecule has 1 fully saturated rings.